The summed E-state index contributed by atoms with van der Waals surface area (Å²) < 4.78 is 1.95. The quantitative estimate of drug-likeness (QED) is 0.855. The van der Waals surface area contributed by atoms with E-state index < -0.39 is 0 Å². The molecule has 0 saturated carbocycles. The number of amides is 1. The molecule has 5 nitrogen and oxygen atoms in total. The van der Waals surface area contributed by atoms with Gasteiger partial charge in [0.15, 0.2) is 0 Å². The highest BCUT2D eigenvalue weighted by molar-refractivity contribution is 5.88. The molecule has 0 aliphatic heterocycles. The molecule has 1 amide bonds. The van der Waals surface area contributed by atoms with Crippen LogP contribution in [-0.4, -0.2) is 15.7 Å². The van der Waals surface area contributed by atoms with Crippen LogP contribution in [0.15, 0.2) is 36.7 Å². The van der Waals surface area contributed by atoms with E-state index in [2.05, 4.69) is 36.5 Å². The van der Waals surface area contributed by atoms with Crippen LogP contribution in [0.4, 0.5) is 11.4 Å². The van der Waals surface area contributed by atoms with Crippen LogP contribution in [0.3, 0.4) is 0 Å². The molecule has 0 aliphatic carbocycles. The van der Waals surface area contributed by atoms with Gasteiger partial charge in [-0.25, -0.2) is 0 Å². The van der Waals surface area contributed by atoms with Crippen molar-refractivity contribution < 1.29 is 4.79 Å². The first kappa shape index (κ1) is 16.1. The summed E-state index contributed by atoms with van der Waals surface area (Å²) in [6, 6.07) is 7.99. The van der Waals surface area contributed by atoms with Crippen LogP contribution in [0.25, 0.3) is 0 Å². The number of hydrogen-bond acceptors (Lipinski definition) is 3. The number of benzene rings is 1. The normalized spacial score (nSPS) is 12.2. The first-order chi connectivity index (χ1) is 10.4. The van der Waals surface area contributed by atoms with Crippen molar-refractivity contribution >= 4 is 17.3 Å². The van der Waals surface area contributed by atoms with E-state index in [0.717, 1.165) is 23.5 Å². The molecule has 2 rings (SSSR count). The van der Waals surface area contributed by atoms with E-state index in [9.17, 15) is 4.79 Å². The maximum atomic E-state index is 11.1. The second-order valence-corrected chi connectivity index (χ2v) is 6.02. The Labute approximate surface area is 131 Å². The minimum absolute atomic E-state index is 0.0623. The molecule has 2 aromatic rings. The smallest absolute Gasteiger partial charge is 0.221 e. The third-order valence-corrected chi connectivity index (χ3v) is 3.28. The van der Waals surface area contributed by atoms with E-state index in [1.807, 2.05) is 41.3 Å². The third kappa shape index (κ3) is 4.62. The Kier molecular flexibility index (Phi) is 5.20. The topological polar surface area (TPSA) is 59.0 Å². The Hall–Kier alpha value is -2.30. The summed E-state index contributed by atoms with van der Waals surface area (Å²) in [5, 5.41) is 10.6. The van der Waals surface area contributed by atoms with Crippen molar-refractivity contribution in [3.63, 3.8) is 0 Å². The highest BCUT2D eigenvalue weighted by atomic mass is 16.1. The number of nitrogens with one attached hydrogen (secondary N) is 2. The molecule has 0 radical (unpaired) electrons. The van der Waals surface area contributed by atoms with Crippen molar-refractivity contribution in [2.75, 3.05) is 10.6 Å². The lowest BCUT2D eigenvalue weighted by Crippen LogP contribution is -2.09. The molecule has 1 aromatic heterocycles. The predicted molar refractivity (Wildman–Crippen MR) is 89.8 cm³/mol. The first-order valence-corrected chi connectivity index (χ1v) is 7.60. The fraction of sp³-hybridized carbons (Fsp3) is 0.412. The van der Waals surface area contributed by atoms with Crippen molar-refractivity contribution in [2.24, 2.45) is 5.92 Å². The second-order valence-electron chi connectivity index (χ2n) is 6.02. The van der Waals surface area contributed by atoms with Gasteiger partial charge in [0.1, 0.15) is 0 Å². The number of carbonyl (C=O) groups excluding carboxylic acids is 1. The molecule has 0 unspecified atom stereocenters. The number of nitrogens with zero attached hydrogens (tertiary/aromatic N) is 2. The molecule has 5 heteroatoms. The van der Waals surface area contributed by atoms with Crippen LogP contribution in [0.5, 0.6) is 0 Å². The Balaban J connectivity index is 2.03. The van der Waals surface area contributed by atoms with E-state index in [1.165, 1.54) is 6.92 Å². The van der Waals surface area contributed by atoms with E-state index in [1.54, 1.807) is 0 Å². The molecular formula is C17H24N4O. The fourth-order valence-electron chi connectivity index (χ4n) is 2.33. The zero-order valence-electron chi connectivity index (χ0n) is 13.6. The molecule has 0 bridgehead atoms. The summed E-state index contributed by atoms with van der Waals surface area (Å²) in [7, 11) is 0. The minimum Gasteiger partial charge on any atom is -0.376 e. The molecule has 1 heterocycles. The second kappa shape index (κ2) is 7.11. The lowest BCUT2D eigenvalue weighted by molar-refractivity contribution is -0.114. The standard InChI is InChI=1S/C17H24N4O/c1-12(2)10-21-11-17(9-18-21)19-13(3)15-6-5-7-16(8-15)20-14(4)22/h5-9,11-13,19H,10H2,1-4H3,(H,20,22)/t13-/m1/s1. The average molecular weight is 300 g/mol. The van der Waals surface area contributed by atoms with Crippen molar-refractivity contribution in [3.8, 4) is 0 Å². The Morgan fingerprint density at radius 3 is 2.73 bits per heavy atom. The largest absolute Gasteiger partial charge is 0.376 e. The van der Waals surface area contributed by atoms with Crippen LogP contribution in [0.1, 0.15) is 39.3 Å². The summed E-state index contributed by atoms with van der Waals surface area (Å²) in [6.45, 7) is 8.86. The predicted octanol–water partition coefficient (Wildman–Crippen LogP) is 3.67. The van der Waals surface area contributed by atoms with Gasteiger partial charge in [-0.2, -0.15) is 5.10 Å². The molecule has 2 N–H and O–H groups in total. The molecule has 0 aliphatic rings. The van der Waals surface area contributed by atoms with Gasteiger partial charge in [-0.05, 0) is 30.5 Å². The number of rotatable bonds is 6. The molecular weight excluding hydrogens is 276 g/mol. The average Bonchev–Trinajstić information content (AvgIpc) is 2.84. The maximum absolute atomic E-state index is 11.1. The summed E-state index contributed by atoms with van der Waals surface area (Å²) in [5.74, 6) is 0.507. The van der Waals surface area contributed by atoms with Crippen molar-refractivity contribution in [2.45, 2.75) is 40.3 Å². The van der Waals surface area contributed by atoms with Crippen LogP contribution in [-0.2, 0) is 11.3 Å². The fourth-order valence-corrected chi connectivity index (χ4v) is 2.33. The van der Waals surface area contributed by atoms with Crippen LogP contribution in [0, 0.1) is 5.92 Å². The van der Waals surface area contributed by atoms with Gasteiger partial charge in [-0.3, -0.25) is 9.48 Å². The lowest BCUT2D eigenvalue weighted by Gasteiger charge is -2.15. The number of anilines is 2. The number of aromatic nitrogens is 2. The van der Waals surface area contributed by atoms with Gasteiger partial charge in [-0.1, -0.05) is 26.0 Å². The number of hydrogen-bond donors (Lipinski definition) is 2. The van der Waals surface area contributed by atoms with Gasteiger partial charge < -0.3 is 10.6 Å². The summed E-state index contributed by atoms with van der Waals surface area (Å²) in [4.78, 5) is 11.1. The van der Waals surface area contributed by atoms with Crippen LogP contribution in [0.2, 0.25) is 0 Å². The lowest BCUT2D eigenvalue weighted by atomic mass is 10.1. The highest BCUT2D eigenvalue weighted by Gasteiger charge is 2.08. The molecule has 1 atom stereocenters. The Morgan fingerprint density at radius 2 is 2.05 bits per heavy atom. The van der Waals surface area contributed by atoms with Gasteiger partial charge in [0.05, 0.1) is 11.9 Å². The van der Waals surface area contributed by atoms with Crippen molar-refractivity contribution in [3.05, 3.63) is 42.2 Å². The van der Waals surface area contributed by atoms with E-state index >= 15 is 0 Å². The summed E-state index contributed by atoms with van der Waals surface area (Å²) >= 11 is 0. The molecule has 22 heavy (non-hydrogen) atoms. The maximum Gasteiger partial charge on any atom is 0.221 e. The van der Waals surface area contributed by atoms with Crippen LogP contribution < -0.4 is 10.6 Å². The van der Waals surface area contributed by atoms with E-state index in [0.29, 0.717) is 5.92 Å². The Bertz CT molecular complexity index is 633. The molecule has 0 fully saturated rings. The molecule has 0 spiro atoms. The van der Waals surface area contributed by atoms with Gasteiger partial charge in [-0.15, -0.1) is 0 Å². The van der Waals surface area contributed by atoms with Gasteiger partial charge >= 0.3 is 0 Å². The van der Waals surface area contributed by atoms with Crippen LogP contribution >= 0.6 is 0 Å². The van der Waals surface area contributed by atoms with E-state index in [4.69, 9.17) is 0 Å². The monoisotopic (exact) mass is 300 g/mol. The zero-order chi connectivity index (χ0) is 16.1. The summed E-state index contributed by atoms with van der Waals surface area (Å²) in [6.07, 6.45) is 3.87. The molecule has 0 saturated heterocycles. The van der Waals surface area contributed by atoms with Gasteiger partial charge in [0, 0.05) is 31.4 Å². The molecule has 118 valence electrons. The Morgan fingerprint density at radius 1 is 1.27 bits per heavy atom. The SMILES string of the molecule is CC(=O)Nc1cccc([C@@H](C)Nc2cnn(CC(C)C)c2)c1. The van der Waals surface area contributed by atoms with Crippen molar-refractivity contribution in [1.29, 1.82) is 0 Å². The summed E-state index contributed by atoms with van der Waals surface area (Å²) in [5.41, 5.74) is 2.93. The third-order valence-electron chi connectivity index (χ3n) is 3.28. The molecule has 1 aromatic carbocycles. The minimum atomic E-state index is -0.0623. The van der Waals surface area contributed by atoms with Crippen molar-refractivity contribution in [1.82, 2.24) is 9.78 Å². The number of carbonyl (C=O) groups is 1. The first-order valence-electron chi connectivity index (χ1n) is 7.60. The highest BCUT2D eigenvalue weighted by Crippen LogP contribution is 2.21. The van der Waals surface area contributed by atoms with E-state index in [-0.39, 0.29) is 11.9 Å². The van der Waals surface area contributed by atoms with Gasteiger partial charge in [0.25, 0.3) is 0 Å². The zero-order valence-corrected chi connectivity index (χ0v) is 13.6. The van der Waals surface area contributed by atoms with Gasteiger partial charge in [0.2, 0.25) is 5.91 Å².